The quantitative estimate of drug-likeness (QED) is 0.360. The van der Waals surface area contributed by atoms with E-state index in [4.69, 9.17) is 28.4 Å². The SMILES string of the molecule is CCCOc1ccc2c(c1)[C@@H](c1ccc(OC)cc1COC)[C@@H](C(=O)OC)[C@H]2c1ccc2c(c1)OCO2. The van der Waals surface area contributed by atoms with E-state index < -0.39 is 5.92 Å². The lowest BCUT2D eigenvalue weighted by molar-refractivity contribution is -0.146. The molecular formula is C30H32O7. The van der Waals surface area contributed by atoms with Crippen LogP contribution < -0.4 is 18.9 Å². The molecule has 0 spiro atoms. The number of ether oxygens (including phenoxy) is 6. The van der Waals surface area contributed by atoms with Crippen LogP contribution in [-0.2, 0) is 20.9 Å². The highest BCUT2D eigenvalue weighted by Gasteiger charge is 2.48. The van der Waals surface area contributed by atoms with E-state index >= 15 is 0 Å². The Hall–Kier alpha value is -3.71. The topological polar surface area (TPSA) is 72.5 Å². The fourth-order valence-electron chi connectivity index (χ4n) is 5.55. The molecule has 7 heteroatoms. The van der Waals surface area contributed by atoms with E-state index in [-0.39, 0.29) is 24.6 Å². The maximum absolute atomic E-state index is 13.6. The van der Waals surface area contributed by atoms with Gasteiger partial charge in [0.15, 0.2) is 11.5 Å². The Kier molecular flexibility index (Phi) is 7.24. The zero-order valence-corrected chi connectivity index (χ0v) is 21.6. The third-order valence-electron chi connectivity index (χ3n) is 7.13. The van der Waals surface area contributed by atoms with Gasteiger partial charge in [-0.25, -0.2) is 0 Å². The van der Waals surface area contributed by atoms with Crippen LogP contribution in [0.3, 0.4) is 0 Å². The van der Waals surface area contributed by atoms with Crippen molar-refractivity contribution in [3.63, 3.8) is 0 Å². The van der Waals surface area contributed by atoms with Crippen molar-refractivity contribution in [2.45, 2.75) is 31.8 Å². The molecule has 1 aliphatic carbocycles. The molecule has 1 heterocycles. The predicted molar refractivity (Wildman–Crippen MR) is 138 cm³/mol. The van der Waals surface area contributed by atoms with Gasteiger partial charge in [-0.05, 0) is 70.6 Å². The average Bonchev–Trinajstić information content (AvgIpc) is 3.53. The van der Waals surface area contributed by atoms with Gasteiger partial charge in [-0.3, -0.25) is 4.79 Å². The summed E-state index contributed by atoms with van der Waals surface area (Å²) in [6.07, 6.45) is 0.904. The van der Waals surface area contributed by atoms with E-state index in [1.54, 1.807) is 14.2 Å². The zero-order chi connectivity index (χ0) is 25.9. The van der Waals surface area contributed by atoms with Gasteiger partial charge < -0.3 is 28.4 Å². The van der Waals surface area contributed by atoms with E-state index in [0.717, 1.165) is 45.7 Å². The number of esters is 1. The molecule has 5 rings (SSSR count). The van der Waals surface area contributed by atoms with Crippen molar-refractivity contribution in [3.8, 4) is 23.0 Å². The molecule has 0 radical (unpaired) electrons. The van der Waals surface area contributed by atoms with Crippen molar-refractivity contribution < 1.29 is 33.2 Å². The molecule has 0 aromatic heterocycles. The maximum atomic E-state index is 13.6. The van der Waals surface area contributed by atoms with Gasteiger partial charge in [-0.1, -0.05) is 25.1 Å². The molecule has 0 fully saturated rings. The molecule has 3 aromatic rings. The number of methoxy groups -OCH3 is 3. The summed E-state index contributed by atoms with van der Waals surface area (Å²) in [5.41, 5.74) is 5.01. The number of hydrogen-bond donors (Lipinski definition) is 0. The van der Waals surface area contributed by atoms with Crippen LogP contribution in [0.15, 0.2) is 54.6 Å². The summed E-state index contributed by atoms with van der Waals surface area (Å²) in [5, 5.41) is 0. The van der Waals surface area contributed by atoms with E-state index in [9.17, 15) is 4.79 Å². The smallest absolute Gasteiger partial charge is 0.310 e. The number of carbonyl (C=O) groups is 1. The summed E-state index contributed by atoms with van der Waals surface area (Å²) in [5.74, 6) is 1.58. The lowest BCUT2D eigenvalue weighted by Gasteiger charge is -2.26. The van der Waals surface area contributed by atoms with E-state index in [2.05, 4.69) is 19.1 Å². The Bertz CT molecular complexity index is 1280. The first-order chi connectivity index (χ1) is 18.1. The predicted octanol–water partition coefficient (Wildman–Crippen LogP) is 5.43. The van der Waals surface area contributed by atoms with Crippen LogP contribution in [0.5, 0.6) is 23.0 Å². The summed E-state index contributed by atoms with van der Waals surface area (Å²) in [7, 11) is 4.75. The van der Waals surface area contributed by atoms with Gasteiger partial charge in [-0.15, -0.1) is 0 Å². The Morgan fingerprint density at radius 1 is 0.865 bits per heavy atom. The van der Waals surface area contributed by atoms with Crippen molar-refractivity contribution in [2.24, 2.45) is 5.92 Å². The number of hydrogen-bond acceptors (Lipinski definition) is 7. The molecule has 3 aromatic carbocycles. The van der Waals surface area contributed by atoms with Crippen LogP contribution in [0, 0.1) is 5.92 Å². The van der Waals surface area contributed by atoms with Crippen LogP contribution >= 0.6 is 0 Å². The molecule has 1 aliphatic heterocycles. The summed E-state index contributed by atoms with van der Waals surface area (Å²) in [6, 6.07) is 17.9. The van der Waals surface area contributed by atoms with E-state index in [0.29, 0.717) is 24.7 Å². The Morgan fingerprint density at radius 3 is 2.41 bits per heavy atom. The van der Waals surface area contributed by atoms with Gasteiger partial charge in [0, 0.05) is 18.9 Å². The minimum absolute atomic E-state index is 0.188. The largest absolute Gasteiger partial charge is 0.497 e. The second-order valence-electron chi connectivity index (χ2n) is 9.25. The van der Waals surface area contributed by atoms with Crippen molar-refractivity contribution >= 4 is 5.97 Å². The first-order valence-corrected chi connectivity index (χ1v) is 12.5. The molecule has 0 bridgehead atoms. The summed E-state index contributed by atoms with van der Waals surface area (Å²) in [4.78, 5) is 13.6. The Labute approximate surface area is 217 Å². The van der Waals surface area contributed by atoms with Crippen LogP contribution in [0.2, 0.25) is 0 Å². The Balaban J connectivity index is 1.71. The highest BCUT2D eigenvalue weighted by Crippen LogP contribution is 2.55. The van der Waals surface area contributed by atoms with Crippen molar-refractivity contribution in [1.82, 2.24) is 0 Å². The third-order valence-corrected chi connectivity index (χ3v) is 7.13. The van der Waals surface area contributed by atoms with Crippen LogP contribution in [0.25, 0.3) is 0 Å². The normalized spacial score (nSPS) is 19.4. The highest BCUT2D eigenvalue weighted by molar-refractivity contribution is 5.80. The third kappa shape index (κ3) is 4.60. The van der Waals surface area contributed by atoms with Crippen LogP contribution in [0.4, 0.5) is 0 Å². The van der Waals surface area contributed by atoms with Gasteiger partial charge in [-0.2, -0.15) is 0 Å². The van der Waals surface area contributed by atoms with Crippen molar-refractivity contribution in [2.75, 3.05) is 34.7 Å². The molecule has 194 valence electrons. The molecule has 0 unspecified atom stereocenters. The molecule has 37 heavy (non-hydrogen) atoms. The van der Waals surface area contributed by atoms with Crippen molar-refractivity contribution in [1.29, 1.82) is 0 Å². The minimum atomic E-state index is -0.509. The monoisotopic (exact) mass is 504 g/mol. The minimum Gasteiger partial charge on any atom is -0.497 e. The van der Waals surface area contributed by atoms with Gasteiger partial charge in [0.2, 0.25) is 6.79 Å². The fourth-order valence-corrected chi connectivity index (χ4v) is 5.55. The summed E-state index contributed by atoms with van der Waals surface area (Å²) < 4.78 is 33.7. The molecule has 0 saturated carbocycles. The van der Waals surface area contributed by atoms with E-state index in [1.165, 1.54) is 7.11 Å². The average molecular weight is 505 g/mol. The zero-order valence-electron chi connectivity index (χ0n) is 21.6. The van der Waals surface area contributed by atoms with Crippen molar-refractivity contribution in [3.05, 3.63) is 82.4 Å². The summed E-state index contributed by atoms with van der Waals surface area (Å²) in [6.45, 7) is 3.26. The van der Waals surface area contributed by atoms with Gasteiger partial charge in [0.05, 0.1) is 33.4 Å². The first-order valence-electron chi connectivity index (χ1n) is 12.5. The standard InChI is InChI=1S/C30H32O7/c1-5-12-35-21-8-10-23-24(15-21)28(22-9-7-20(33-3)13-19(22)16-32-2)29(30(31)34-4)27(23)18-6-11-25-26(14-18)37-17-36-25/h6-11,13-15,27-29H,5,12,16-17H2,1-4H3/t27-,28+,29-/m0/s1. The van der Waals surface area contributed by atoms with Crippen LogP contribution in [0.1, 0.15) is 53.0 Å². The highest BCUT2D eigenvalue weighted by atomic mass is 16.7. The molecule has 0 saturated heterocycles. The molecule has 0 amide bonds. The second kappa shape index (κ2) is 10.7. The molecule has 7 nitrogen and oxygen atoms in total. The molecule has 2 aliphatic rings. The molecule has 0 N–H and O–H groups in total. The van der Waals surface area contributed by atoms with Crippen LogP contribution in [-0.4, -0.2) is 40.7 Å². The maximum Gasteiger partial charge on any atom is 0.310 e. The fraction of sp³-hybridized carbons (Fsp3) is 0.367. The summed E-state index contributed by atoms with van der Waals surface area (Å²) >= 11 is 0. The molecular weight excluding hydrogens is 472 g/mol. The molecule has 3 atom stereocenters. The van der Waals surface area contributed by atoms with Gasteiger partial charge in [0.25, 0.3) is 0 Å². The van der Waals surface area contributed by atoms with Gasteiger partial charge >= 0.3 is 5.97 Å². The Morgan fingerprint density at radius 2 is 1.65 bits per heavy atom. The lowest BCUT2D eigenvalue weighted by atomic mass is 9.78. The first kappa shape index (κ1) is 25.0. The number of fused-ring (bicyclic) bond motifs is 2. The van der Waals surface area contributed by atoms with Gasteiger partial charge in [0.1, 0.15) is 11.5 Å². The number of benzene rings is 3. The second-order valence-corrected chi connectivity index (χ2v) is 9.25. The number of carbonyl (C=O) groups excluding carboxylic acids is 1. The number of rotatable bonds is 9. The van der Waals surface area contributed by atoms with E-state index in [1.807, 2.05) is 42.5 Å². The lowest BCUT2D eigenvalue weighted by Crippen LogP contribution is -2.26.